The molecule has 0 unspecified atom stereocenters. The number of rotatable bonds is 29. The average Bonchev–Trinajstić information content (AvgIpc) is 3.02. The number of hydrogen-bond donors (Lipinski definition) is 3. The van der Waals surface area contributed by atoms with Crippen molar-refractivity contribution in [2.75, 3.05) is 13.2 Å². The van der Waals surface area contributed by atoms with Gasteiger partial charge in [-0.2, -0.15) is 0 Å². The van der Waals surface area contributed by atoms with Gasteiger partial charge >= 0.3 is 11.9 Å². The fraction of sp³-hybridized carbons (Fsp3) is 0.641. The van der Waals surface area contributed by atoms with E-state index >= 15 is 0 Å². The van der Waals surface area contributed by atoms with Crippen LogP contribution in [0.25, 0.3) is 0 Å². The van der Waals surface area contributed by atoms with Crippen molar-refractivity contribution in [3.05, 3.63) is 72.9 Å². The van der Waals surface area contributed by atoms with E-state index < -0.39 is 30.9 Å². The van der Waals surface area contributed by atoms with Crippen LogP contribution in [0, 0.1) is 5.92 Å². The molecule has 0 aromatic rings. The molecule has 3 N–H and O–H groups in total. The number of allylic oxidation sites excluding steroid dienone is 8. The summed E-state index contributed by atoms with van der Waals surface area (Å²) in [6.45, 7) is 6.06. The normalized spacial score (nSPS) is 14.6. The molecule has 0 radical (unpaired) electrons. The monoisotopic (exact) mass is 644 g/mol. The fourth-order valence-corrected chi connectivity index (χ4v) is 4.41. The zero-order chi connectivity index (χ0) is 34.1. The summed E-state index contributed by atoms with van der Waals surface area (Å²) in [6, 6.07) is 0. The number of carbonyl (C=O) groups excluding carboxylic acids is 2. The molecule has 0 aliphatic rings. The third-order valence-corrected chi connectivity index (χ3v) is 7.12. The van der Waals surface area contributed by atoms with Gasteiger partial charge in [0.05, 0.1) is 18.8 Å². The van der Waals surface area contributed by atoms with Gasteiger partial charge in [-0.1, -0.05) is 145 Å². The van der Waals surface area contributed by atoms with Crippen LogP contribution in [0.3, 0.4) is 0 Å². The van der Waals surface area contributed by atoms with Gasteiger partial charge in [0.15, 0.2) is 6.10 Å². The predicted molar refractivity (Wildman–Crippen MR) is 189 cm³/mol. The van der Waals surface area contributed by atoms with Crippen molar-refractivity contribution in [3.8, 4) is 0 Å². The molecule has 0 aromatic carbocycles. The van der Waals surface area contributed by atoms with E-state index in [-0.39, 0.29) is 19.0 Å². The average molecular weight is 645 g/mol. The second-order valence-corrected chi connectivity index (χ2v) is 12.1. The highest BCUT2D eigenvalue weighted by Gasteiger charge is 2.15. The SMILES string of the molecule is CC/C=C\C[C@H](O)/C=C/C=C\C=C\[C@H](O)C/C=C\C/C=C\CCC(=O)O[C@@H](CO)COC(=O)CCCCCCCCCCC(C)C. The summed E-state index contributed by atoms with van der Waals surface area (Å²) < 4.78 is 10.5. The molecule has 0 saturated carbocycles. The highest BCUT2D eigenvalue weighted by Crippen LogP contribution is 2.13. The molecule has 0 aromatic heterocycles. The largest absolute Gasteiger partial charge is 0.462 e. The van der Waals surface area contributed by atoms with Gasteiger partial charge in [-0.05, 0) is 44.4 Å². The number of ether oxygens (including phenoxy) is 2. The van der Waals surface area contributed by atoms with Crippen LogP contribution in [0.15, 0.2) is 72.9 Å². The van der Waals surface area contributed by atoms with Crippen molar-refractivity contribution in [1.29, 1.82) is 0 Å². The lowest BCUT2D eigenvalue weighted by Crippen LogP contribution is -2.28. The first-order valence-electron chi connectivity index (χ1n) is 17.6. The number of carbonyl (C=O) groups is 2. The fourth-order valence-electron chi connectivity index (χ4n) is 4.41. The minimum Gasteiger partial charge on any atom is -0.462 e. The zero-order valence-corrected chi connectivity index (χ0v) is 28.9. The van der Waals surface area contributed by atoms with Gasteiger partial charge in [0.1, 0.15) is 6.61 Å². The molecule has 0 saturated heterocycles. The number of aliphatic hydroxyl groups excluding tert-OH is 3. The van der Waals surface area contributed by atoms with Gasteiger partial charge in [-0.3, -0.25) is 9.59 Å². The Morgan fingerprint density at radius 1 is 0.674 bits per heavy atom. The number of hydrogen-bond acceptors (Lipinski definition) is 7. The Labute approximate surface area is 279 Å². The van der Waals surface area contributed by atoms with Gasteiger partial charge in [-0.25, -0.2) is 0 Å². The summed E-state index contributed by atoms with van der Waals surface area (Å²) in [6.07, 6.45) is 34.7. The van der Waals surface area contributed by atoms with Gasteiger partial charge in [0, 0.05) is 12.8 Å². The summed E-state index contributed by atoms with van der Waals surface area (Å²) in [5.74, 6) is 0.0208. The summed E-state index contributed by atoms with van der Waals surface area (Å²) in [5, 5.41) is 29.3. The molecule has 0 amide bonds. The Morgan fingerprint density at radius 2 is 1.24 bits per heavy atom. The second-order valence-electron chi connectivity index (χ2n) is 12.1. The second kappa shape index (κ2) is 32.2. The van der Waals surface area contributed by atoms with Crippen molar-refractivity contribution >= 4 is 11.9 Å². The molecule has 0 fully saturated rings. The summed E-state index contributed by atoms with van der Waals surface area (Å²) >= 11 is 0. The molecule has 0 spiro atoms. The molecule has 0 heterocycles. The maximum atomic E-state index is 12.1. The van der Waals surface area contributed by atoms with Gasteiger partial charge in [0.25, 0.3) is 0 Å². The molecule has 46 heavy (non-hydrogen) atoms. The van der Waals surface area contributed by atoms with Gasteiger partial charge in [0.2, 0.25) is 0 Å². The molecular formula is C39H64O7. The lowest BCUT2D eigenvalue weighted by atomic mass is 10.0. The van der Waals surface area contributed by atoms with E-state index in [0.29, 0.717) is 32.1 Å². The van der Waals surface area contributed by atoms with Crippen molar-refractivity contribution in [1.82, 2.24) is 0 Å². The van der Waals surface area contributed by atoms with Gasteiger partial charge < -0.3 is 24.8 Å². The van der Waals surface area contributed by atoms with Crippen LogP contribution in [0.2, 0.25) is 0 Å². The Morgan fingerprint density at radius 3 is 1.83 bits per heavy atom. The molecule has 7 heteroatoms. The van der Waals surface area contributed by atoms with Crippen LogP contribution < -0.4 is 0 Å². The highest BCUT2D eigenvalue weighted by molar-refractivity contribution is 5.70. The Balaban J connectivity index is 3.92. The van der Waals surface area contributed by atoms with E-state index in [1.807, 2.05) is 42.5 Å². The molecule has 0 aliphatic carbocycles. The lowest BCUT2D eigenvalue weighted by molar-refractivity contribution is -0.161. The number of aliphatic hydroxyl groups is 3. The van der Waals surface area contributed by atoms with E-state index in [1.165, 1.54) is 38.5 Å². The number of esters is 2. The van der Waals surface area contributed by atoms with Crippen LogP contribution in [-0.2, 0) is 19.1 Å². The molecular weight excluding hydrogens is 580 g/mol. The van der Waals surface area contributed by atoms with Crippen LogP contribution in [0.1, 0.15) is 124 Å². The molecule has 0 rings (SSSR count). The quantitative estimate of drug-likeness (QED) is 0.0324. The van der Waals surface area contributed by atoms with Crippen LogP contribution in [0.5, 0.6) is 0 Å². The maximum Gasteiger partial charge on any atom is 0.306 e. The van der Waals surface area contributed by atoms with Crippen molar-refractivity contribution in [2.45, 2.75) is 142 Å². The first-order valence-corrected chi connectivity index (χ1v) is 17.6. The van der Waals surface area contributed by atoms with Crippen molar-refractivity contribution < 1.29 is 34.4 Å². The van der Waals surface area contributed by atoms with E-state index in [4.69, 9.17) is 9.47 Å². The molecule has 262 valence electrons. The Hall–Kier alpha value is -2.74. The maximum absolute atomic E-state index is 12.1. The van der Waals surface area contributed by atoms with E-state index in [9.17, 15) is 24.9 Å². The van der Waals surface area contributed by atoms with E-state index in [0.717, 1.165) is 31.6 Å². The Bertz CT molecular complexity index is 913. The summed E-state index contributed by atoms with van der Waals surface area (Å²) in [5.41, 5.74) is 0. The van der Waals surface area contributed by atoms with Crippen LogP contribution in [-0.4, -0.2) is 58.8 Å². The Kier molecular flexibility index (Phi) is 30.3. The lowest BCUT2D eigenvalue weighted by Gasteiger charge is -2.15. The van der Waals surface area contributed by atoms with Crippen LogP contribution >= 0.6 is 0 Å². The topological polar surface area (TPSA) is 113 Å². The highest BCUT2D eigenvalue weighted by atomic mass is 16.6. The van der Waals surface area contributed by atoms with E-state index in [1.54, 1.807) is 30.4 Å². The van der Waals surface area contributed by atoms with E-state index in [2.05, 4.69) is 20.8 Å². The van der Waals surface area contributed by atoms with Crippen LogP contribution in [0.4, 0.5) is 0 Å². The minimum atomic E-state index is -0.850. The summed E-state index contributed by atoms with van der Waals surface area (Å²) in [7, 11) is 0. The number of unbranched alkanes of at least 4 members (excludes halogenated alkanes) is 7. The molecule has 0 bridgehead atoms. The molecule has 3 atom stereocenters. The third-order valence-electron chi connectivity index (χ3n) is 7.12. The molecule has 7 nitrogen and oxygen atoms in total. The molecule has 0 aliphatic heterocycles. The minimum absolute atomic E-state index is 0.131. The first-order chi connectivity index (χ1) is 22.3. The smallest absolute Gasteiger partial charge is 0.306 e. The van der Waals surface area contributed by atoms with Crippen molar-refractivity contribution in [3.63, 3.8) is 0 Å². The third kappa shape index (κ3) is 31.3. The zero-order valence-electron chi connectivity index (χ0n) is 28.9. The van der Waals surface area contributed by atoms with Gasteiger partial charge in [-0.15, -0.1) is 0 Å². The van der Waals surface area contributed by atoms with Crippen molar-refractivity contribution in [2.24, 2.45) is 5.92 Å². The summed E-state index contributed by atoms with van der Waals surface area (Å²) in [4.78, 5) is 24.1. The predicted octanol–water partition coefficient (Wildman–Crippen LogP) is 8.41. The first kappa shape index (κ1) is 43.3. The standard InChI is InChI=1S/C39H64O7/c1-4-5-18-26-35(41)28-21-16-17-22-29-36(42)27-20-13-10-11-15-24-31-39(44)46-37(32-40)33-45-38(43)30-23-14-9-7-6-8-12-19-25-34(2)3/h5,11,13,15-18,20-22,28-29,34-37,40-42H,4,6-10,12,14,19,23-27,30-33H2,1-3H3/b15-11-,17-16-,18-5-,20-13-,28-21+,29-22+/t35-,36+,37-/m0/s1.